The number of hydrogen-bond donors (Lipinski definition) is 2. The Morgan fingerprint density at radius 2 is 2.37 bits per heavy atom. The second kappa shape index (κ2) is 5.19. The van der Waals surface area contributed by atoms with Gasteiger partial charge < -0.3 is 15.8 Å². The SMILES string of the molecule is CC(C#N)(NC(=O)COc1cccc(N)c1)C1CC1. The lowest BCUT2D eigenvalue weighted by molar-refractivity contribution is -0.124. The molecular formula is C14H17N3O2. The van der Waals surface area contributed by atoms with Gasteiger partial charge in [-0.1, -0.05) is 6.07 Å². The number of nitrogens with two attached hydrogens (primary N) is 1. The predicted octanol–water partition coefficient (Wildman–Crippen LogP) is 1.46. The first-order chi connectivity index (χ1) is 9.03. The molecule has 1 saturated carbocycles. The highest BCUT2D eigenvalue weighted by molar-refractivity contribution is 5.79. The molecule has 1 fully saturated rings. The van der Waals surface area contributed by atoms with E-state index in [1.807, 2.05) is 0 Å². The van der Waals surface area contributed by atoms with Crippen LogP contribution in [0.3, 0.4) is 0 Å². The summed E-state index contributed by atoms with van der Waals surface area (Å²) in [7, 11) is 0. The molecule has 3 N–H and O–H groups in total. The van der Waals surface area contributed by atoms with Crippen LogP contribution in [0.1, 0.15) is 19.8 Å². The van der Waals surface area contributed by atoms with E-state index in [4.69, 9.17) is 15.7 Å². The predicted molar refractivity (Wildman–Crippen MR) is 71.2 cm³/mol. The molecule has 0 aliphatic heterocycles. The molecule has 0 saturated heterocycles. The third-order valence-corrected chi connectivity index (χ3v) is 3.25. The fourth-order valence-electron chi connectivity index (χ4n) is 1.96. The smallest absolute Gasteiger partial charge is 0.259 e. The summed E-state index contributed by atoms with van der Waals surface area (Å²) in [6, 6.07) is 9.05. The molecule has 19 heavy (non-hydrogen) atoms. The second-order valence-corrected chi connectivity index (χ2v) is 5.00. The fraction of sp³-hybridized carbons (Fsp3) is 0.429. The van der Waals surface area contributed by atoms with Crippen LogP contribution in [0, 0.1) is 17.2 Å². The molecule has 1 amide bonds. The van der Waals surface area contributed by atoms with Crippen LogP contribution in [-0.4, -0.2) is 18.1 Å². The van der Waals surface area contributed by atoms with Gasteiger partial charge in [-0.3, -0.25) is 4.79 Å². The molecule has 0 radical (unpaired) electrons. The van der Waals surface area contributed by atoms with Gasteiger partial charge in [0.25, 0.3) is 5.91 Å². The van der Waals surface area contributed by atoms with Gasteiger partial charge in [-0.15, -0.1) is 0 Å². The maximum absolute atomic E-state index is 11.8. The van der Waals surface area contributed by atoms with Crippen molar-refractivity contribution in [3.05, 3.63) is 24.3 Å². The van der Waals surface area contributed by atoms with Crippen LogP contribution in [0.2, 0.25) is 0 Å². The van der Waals surface area contributed by atoms with Crippen LogP contribution >= 0.6 is 0 Å². The first-order valence-electron chi connectivity index (χ1n) is 6.24. The highest BCUT2D eigenvalue weighted by Gasteiger charge is 2.43. The number of carbonyl (C=O) groups excluding carboxylic acids is 1. The van der Waals surface area contributed by atoms with Crippen molar-refractivity contribution >= 4 is 11.6 Å². The van der Waals surface area contributed by atoms with Crippen molar-refractivity contribution in [1.82, 2.24) is 5.32 Å². The van der Waals surface area contributed by atoms with Gasteiger partial charge in [0.1, 0.15) is 11.3 Å². The quantitative estimate of drug-likeness (QED) is 0.783. The summed E-state index contributed by atoms with van der Waals surface area (Å²) in [5.74, 6) is 0.507. The lowest BCUT2D eigenvalue weighted by Crippen LogP contribution is -2.48. The number of nitrogens with one attached hydrogen (secondary N) is 1. The van der Waals surface area contributed by atoms with E-state index < -0.39 is 5.54 Å². The van der Waals surface area contributed by atoms with Gasteiger partial charge in [0, 0.05) is 11.8 Å². The van der Waals surface area contributed by atoms with E-state index in [0.717, 1.165) is 12.8 Å². The molecule has 0 heterocycles. The molecule has 0 spiro atoms. The summed E-state index contributed by atoms with van der Waals surface area (Å²) >= 11 is 0. The zero-order chi connectivity index (χ0) is 13.9. The number of carbonyl (C=O) groups is 1. The van der Waals surface area contributed by atoms with Crippen molar-refractivity contribution in [2.75, 3.05) is 12.3 Å². The van der Waals surface area contributed by atoms with Crippen LogP contribution in [0.5, 0.6) is 5.75 Å². The Labute approximate surface area is 112 Å². The second-order valence-electron chi connectivity index (χ2n) is 5.00. The summed E-state index contributed by atoms with van der Waals surface area (Å²) in [5.41, 5.74) is 5.41. The van der Waals surface area contributed by atoms with Crippen LogP contribution < -0.4 is 15.8 Å². The van der Waals surface area contributed by atoms with E-state index in [9.17, 15) is 4.79 Å². The fourth-order valence-corrected chi connectivity index (χ4v) is 1.96. The summed E-state index contributed by atoms with van der Waals surface area (Å²) < 4.78 is 5.34. The summed E-state index contributed by atoms with van der Waals surface area (Å²) in [6.45, 7) is 1.64. The minimum atomic E-state index is -0.782. The number of hydrogen-bond acceptors (Lipinski definition) is 4. The van der Waals surface area contributed by atoms with E-state index in [1.54, 1.807) is 31.2 Å². The number of benzene rings is 1. The molecule has 100 valence electrons. The zero-order valence-corrected chi connectivity index (χ0v) is 10.8. The Hall–Kier alpha value is -2.22. The highest BCUT2D eigenvalue weighted by atomic mass is 16.5. The number of amides is 1. The molecule has 1 atom stereocenters. The molecular weight excluding hydrogens is 242 g/mol. The van der Waals surface area contributed by atoms with E-state index in [1.165, 1.54) is 0 Å². The molecule has 1 aliphatic carbocycles. The maximum Gasteiger partial charge on any atom is 0.259 e. The number of nitriles is 1. The van der Waals surface area contributed by atoms with E-state index in [2.05, 4.69) is 11.4 Å². The van der Waals surface area contributed by atoms with Gasteiger partial charge in [0.05, 0.1) is 6.07 Å². The Balaban J connectivity index is 1.86. The van der Waals surface area contributed by atoms with Crippen molar-refractivity contribution < 1.29 is 9.53 Å². The zero-order valence-electron chi connectivity index (χ0n) is 10.8. The first kappa shape index (κ1) is 13.2. The van der Waals surface area contributed by atoms with Gasteiger partial charge in [0.15, 0.2) is 6.61 Å². The maximum atomic E-state index is 11.8. The Bertz CT molecular complexity index is 520. The van der Waals surface area contributed by atoms with Gasteiger partial charge in [-0.25, -0.2) is 0 Å². The number of nitrogen functional groups attached to an aromatic ring is 1. The first-order valence-corrected chi connectivity index (χ1v) is 6.24. The number of ether oxygens (including phenoxy) is 1. The molecule has 1 aliphatic rings. The molecule has 1 aromatic rings. The summed E-state index contributed by atoms with van der Waals surface area (Å²) in [5, 5.41) is 11.9. The van der Waals surface area contributed by atoms with Crippen LogP contribution in [0.25, 0.3) is 0 Å². The van der Waals surface area contributed by atoms with Crippen molar-refractivity contribution in [2.45, 2.75) is 25.3 Å². The van der Waals surface area contributed by atoms with Crippen molar-refractivity contribution in [2.24, 2.45) is 5.92 Å². The van der Waals surface area contributed by atoms with Crippen LogP contribution in [0.4, 0.5) is 5.69 Å². The lowest BCUT2D eigenvalue weighted by Gasteiger charge is -2.22. The molecule has 1 unspecified atom stereocenters. The number of anilines is 1. The van der Waals surface area contributed by atoms with Gasteiger partial charge in [-0.2, -0.15) is 5.26 Å². The third kappa shape index (κ3) is 3.38. The summed E-state index contributed by atoms with van der Waals surface area (Å²) in [6.07, 6.45) is 1.97. The van der Waals surface area contributed by atoms with Crippen LogP contribution in [-0.2, 0) is 4.79 Å². The van der Waals surface area contributed by atoms with Gasteiger partial charge in [0.2, 0.25) is 0 Å². The molecule has 0 aromatic heterocycles. The Morgan fingerprint density at radius 3 is 2.95 bits per heavy atom. The van der Waals surface area contributed by atoms with Crippen molar-refractivity contribution in [3.8, 4) is 11.8 Å². The number of rotatable bonds is 5. The van der Waals surface area contributed by atoms with Crippen LogP contribution in [0.15, 0.2) is 24.3 Å². The molecule has 1 aromatic carbocycles. The molecule has 0 bridgehead atoms. The van der Waals surface area contributed by atoms with Crippen molar-refractivity contribution in [3.63, 3.8) is 0 Å². The average Bonchev–Trinajstić information content (AvgIpc) is 3.21. The normalized spacial score (nSPS) is 17.1. The monoisotopic (exact) mass is 259 g/mol. The Morgan fingerprint density at radius 1 is 1.63 bits per heavy atom. The minimum Gasteiger partial charge on any atom is -0.484 e. The van der Waals surface area contributed by atoms with E-state index in [-0.39, 0.29) is 18.4 Å². The van der Waals surface area contributed by atoms with E-state index in [0.29, 0.717) is 11.4 Å². The molecule has 5 heteroatoms. The average molecular weight is 259 g/mol. The van der Waals surface area contributed by atoms with Gasteiger partial charge >= 0.3 is 0 Å². The highest BCUT2D eigenvalue weighted by Crippen LogP contribution is 2.39. The molecule has 2 rings (SSSR count). The minimum absolute atomic E-state index is 0.118. The summed E-state index contributed by atoms with van der Waals surface area (Å²) in [4.78, 5) is 11.8. The third-order valence-electron chi connectivity index (χ3n) is 3.25. The van der Waals surface area contributed by atoms with E-state index >= 15 is 0 Å². The van der Waals surface area contributed by atoms with Crippen molar-refractivity contribution in [1.29, 1.82) is 5.26 Å². The standard InChI is InChI=1S/C14H17N3O2/c1-14(9-15,10-5-6-10)17-13(18)8-19-12-4-2-3-11(16)7-12/h2-4,7,10H,5-6,8,16H2,1H3,(H,17,18). The topological polar surface area (TPSA) is 88.1 Å². The molecule has 5 nitrogen and oxygen atoms in total. The largest absolute Gasteiger partial charge is 0.484 e. The lowest BCUT2D eigenvalue weighted by atomic mass is 9.98. The Kier molecular flexibility index (Phi) is 3.61. The number of nitrogens with zero attached hydrogens (tertiary/aromatic N) is 1. The van der Waals surface area contributed by atoms with Gasteiger partial charge in [-0.05, 0) is 37.8 Å².